The molecule has 1 aliphatic rings. The normalized spacial score (nSPS) is 19.2. The first kappa shape index (κ1) is 12.3. The van der Waals surface area contributed by atoms with E-state index in [1.807, 2.05) is 0 Å². The van der Waals surface area contributed by atoms with Gasteiger partial charge in [0.15, 0.2) is 0 Å². The van der Waals surface area contributed by atoms with E-state index in [1.165, 1.54) is 12.5 Å². The number of hydrogen-bond donors (Lipinski definition) is 2. The number of nitrogens with zero attached hydrogens (tertiary/aromatic N) is 1. The Labute approximate surface area is 100 Å². The number of ether oxygens (including phenoxy) is 1. The van der Waals surface area contributed by atoms with Crippen LogP contribution in [-0.4, -0.2) is 17.1 Å². The lowest BCUT2D eigenvalue weighted by Crippen LogP contribution is -2.35. The Balaban J connectivity index is 2.42. The molecule has 0 radical (unpaired) electrons. The zero-order valence-corrected chi connectivity index (χ0v) is 10.2. The van der Waals surface area contributed by atoms with E-state index >= 15 is 0 Å². The smallest absolute Gasteiger partial charge is 0.251 e. The lowest BCUT2D eigenvalue weighted by molar-refractivity contribution is -0.0518. The number of nitrogens with two attached hydrogens (primary N) is 1. The summed E-state index contributed by atoms with van der Waals surface area (Å²) in [5, 5.41) is 0. The van der Waals surface area contributed by atoms with Gasteiger partial charge >= 0.3 is 0 Å². The van der Waals surface area contributed by atoms with Crippen LogP contribution in [0.3, 0.4) is 0 Å². The molecule has 17 heavy (non-hydrogen) atoms. The average Bonchev–Trinajstić information content (AvgIpc) is 2.38. The van der Waals surface area contributed by atoms with Gasteiger partial charge < -0.3 is 15.5 Å². The van der Waals surface area contributed by atoms with Crippen molar-refractivity contribution in [3.8, 4) is 0 Å². The number of H-pyrrole nitrogens is 1. The van der Waals surface area contributed by atoms with Crippen molar-refractivity contribution in [1.82, 2.24) is 9.97 Å². The molecule has 0 aliphatic heterocycles. The van der Waals surface area contributed by atoms with Gasteiger partial charge in [-0.2, -0.15) is 0 Å². The van der Waals surface area contributed by atoms with Crippen molar-refractivity contribution in [2.24, 2.45) is 5.73 Å². The van der Waals surface area contributed by atoms with Crippen molar-refractivity contribution in [1.29, 1.82) is 0 Å². The monoisotopic (exact) mass is 237 g/mol. The van der Waals surface area contributed by atoms with Gasteiger partial charge in [-0.25, -0.2) is 4.98 Å². The second-order valence-electron chi connectivity index (χ2n) is 4.55. The molecule has 1 fully saturated rings. The van der Waals surface area contributed by atoms with Crippen molar-refractivity contribution in [3.63, 3.8) is 0 Å². The summed E-state index contributed by atoms with van der Waals surface area (Å²) in [4.78, 5) is 18.8. The molecule has 0 unspecified atom stereocenters. The minimum atomic E-state index is -0.428. The largest absolute Gasteiger partial charge is 0.370 e. The predicted octanol–water partition coefficient (Wildman–Crippen LogP) is 1.03. The molecule has 1 aliphatic carbocycles. The van der Waals surface area contributed by atoms with Gasteiger partial charge in [-0.3, -0.25) is 4.79 Å². The summed E-state index contributed by atoms with van der Waals surface area (Å²) in [7, 11) is 1.68. The molecular formula is C12H19N3O2. The summed E-state index contributed by atoms with van der Waals surface area (Å²) in [6, 6.07) is 1.44. The van der Waals surface area contributed by atoms with Gasteiger partial charge in [-0.05, 0) is 12.8 Å². The first-order chi connectivity index (χ1) is 8.20. The maximum atomic E-state index is 11.6. The zero-order chi connectivity index (χ0) is 12.3. The van der Waals surface area contributed by atoms with Crippen LogP contribution in [0.2, 0.25) is 0 Å². The first-order valence-electron chi connectivity index (χ1n) is 6.06. The SMILES string of the molecule is COC1(c2nc(CN)cc(=O)[nH]2)CCCCC1. The molecule has 1 heterocycles. The number of rotatable bonds is 3. The molecule has 94 valence electrons. The molecule has 3 N–H and O–H groups in total. The molecule has 0 amide bonds. The summed E-state index contributed by atoms with van der Waals surface area (Å²) >= 11 is 0. The van der Waals surface area contributed by atoms with Crippen LogP contribution >= 0.6 is 0 Å². The number of aromatic amines is 1. The molecule has 1 aromatic heterocycles. The van der Waals surface area contributed by atoms with E-state index in [1.54, 1.807) is 7.11 Å². The molecule has 1 aromatic rings. The third-order valence-corrected chi connectivity index (χ3v) is 3.49. The van der Waals surface area contributed by atoms with Crippen molar-refractivity contribution in [2.75, 3.05) is 7.11 Å². The molecule has 0 aromatic carbocycles. The van der Waals surface area contributed by atoms with Crippen LogP contribution < -0.4 is 11.3 Å². The van der Waals surface area contributed by atoms with Gasteiger partial charge in [0.25, 0.3) is 5.56 Å². The van der Waals surface area contributed by atoms with Gasteiger partial charge in [0.1, 0.15) is 11.4 Å². The van der Waals surface area contributed by atoms with Gasteiger partial charge in [-0.1, -0.05) is 19.3 Å². The van der Waals surface area contributed by atoms with Gasteiger partial charge in [0.05, 0.1) is 5.69 Å². The van der Waals surface area contributed by atoms with Crippen molar-refractivity contribution in [2.45, 2.75) is 44.2 Å². The highest BCUT2D eigenvalue weighted by molar-refractivity contribution is 5.09. The van der Waals surface area contributed by atoms with Crippen LogP contribution in [-0.2, 0) is 16.9 Å². The second kappa shape index (κ2) is 4.98. The predicted molar refractivity (Wildman–Crippen MR) is 64.5 cm³/mol. The van der Waals surface area contributed by atoms with E-state index < -0.39 is 5.60 Å². The van der Waals surface area contributed by atoms with Crippen molar-refractivity contribution < 1.29 is 4.74 Å². The van der Waals surface area contributed by atoms with E-state index in [4.69, 9.17) is 10.5 Å². The van der Waals surface area contributed by atoms with E-state index in [0.717, 1.165) is 25.7 Å². The van der Waals surface area contributed by atoms with E-state index in [2.05, 4.69) is 9.97 Å². The number of aromatic nitrogens is 2. The van der Waals surface area contributed by atoms with Crippen LogP contribution in [0, 0.1) is 0 Å². The standard InChI is InChI=1S/C12H19N3O2/c1-17-12(5-3-2-4-6-12)11-14-9(8-13)7-10(16)15-11/h7H,2-6,8,13H2,1H3,(H,14,15,16). The number of hydrogen-bond acceptors (Lipinski definition) is 4. The summed E-state index contributed by atoms with van der Waals surface area (Å²) in [6.45, 7) is 0.275. The first-order valence-corrected chi connectivity index (χ1v) is 6.06. The highest BCUT2D eigenvalue weighted by atomic mass is 16.5. The lowest BCUT2D eigenvalue weighted by Gasteiger charge is -2.34. The van der Waals surface area contributed by atoms with Gasteiger partial charge in [0.2, 0.25) is 0 Å². The Morgan fingerprint density at radius 2 is 2.18 bits per heavy atom. The minimum absolute atomic E-state index is 0.155. The van der Waals surface area contributed by atoms with Crippen molar-refractivity contribution in [3.05, 3.63) is 27.9 Å². The highest BCUT2D eigenvalue weighted by Crippen LogP contribution is 2.37. The lowest BCUT2D eigenvalue weighted by atomic mass is 9.84. The Morgan fingerprint density at radius 1 is 1.47 bits per heavy atom. The van der Waals surface area contributed by atoms with Crippen LogP contribution in [0.1, 0.15) is 43.6 Å². The van der Waals surface area contributed by atoms with Gasteiger partial charge in [-0.15, -0.1) is 0 Å². The molecule has 5 heteroatoms. The molecule has 5 nitrogen and oxygen atoms in total. The topological polar surface area (TPSA) is 81.0 Å². The fraction of sp³-hybridized carbons (Fsp3) is 0.667. The van der Waals surface area contributed by atoms with Crippen LogP contribution in [0.4, 0.5) is 0 Å². The molecule has 1 saturated carbocycles. The van der Waals surface area contributed by atoms with Crippen LogP contribution in [0.5, 0.6) is 0 Å². The van der Waals surface area contributed by atoms with E-state index in [9.17, 15) is 4.79 Å². The molecule has 0 atom stereocenters. The fourth-order valence-corrected chi connectivity index (χ4v) is 2.49. The molecule has 0 spiro atoms. The Kier molecular flexibility index (Phi) is 3.59. The van der Waals surface area contributed by atoms with Crippen LogP contribution in [0.25, 0.3) is 0 Å². The Bertz CT molecular complexity index is 436. The maximum absolute atomic E-state index is 11.6. The van der Waals surface area contributed by atoms with Gasteiger partial charge in [0, 0.05) is 19.7 Å². The third-order valence-electron chi connectivity index (χ3n) is 3.49. The zero-order valence-electron chi connectivity index (χ0n) is 10.2. The Hall–Kier alpha value is -1.20. The molecule has 0 saturated heterocycles. The fourth-order valence-electron chi connectivity index (χ4n) is 2.49. The highest BCUT2D eigenvalue weighted by Gasteiger charge is 2.36. The quantitative estimate of drug-likeness (QED) is 0.822. The Morgan fingerprint density at radius 3 is 2.76 bits per heavy atom. The minimum Gasteiger partial charge on any atom is -0.370 e. The average molecular weight is 237 g/mol. The maximum Gasteiger partial charge on any atom is 0.251 e. The second-order valence-corrected chi connectivity index (χ2v) is 4.55. The summed E-state index contributed by atoms with van der Waals surface area (Å²) in [5.41, 5.74) is 5.58. The third kappa shape index (κ3) is 2.40. The van der Waals surface area contributed by atoms with E-state index in [-0.39, 0.29) is 12.1 Å². The number of nitrogens with one attached hydrogen (secondary N) is 1. The molecular weight excluding hydrogens is 218 g/mol. The molecule has 2 rings (SSSR count). The van der Waals surface area contributed by atoms with Crippen LogP contribution in [0.15, 0.2) is 10.9 Å². The molecule has 0 bridgehead atoms. The number of methoxy groups -OCH3 is 1. The summed E-state index contributed by atoms with van der Waals surface area (Å²) in [6.07, 6.45) is 5.22. The van der Waals surface area contributed by atoms with E-state index in [0.29, 0.717) is 11.5 Å². The summed E-state index contributed by atoms with van der Waals surface area (Å²) < 4.78 is 5.65. The van der Waals surface area contributed by atoms with Crippen molar-refractivity contribution >= 4 is 0 Å². The summed E-state index contributed by atoms with van der Waals surface area (Å²) in [5.74, 6) is 0.632.